The monoisotopic (exact) mass is 408 g/mol. The average Bonchev–Trinajstić information content (AvgIpc) is 2.56. The highest BCUT2D eigenvalue weighted by molar-refractivity contribution is 8.93. The highest BCUT2D eigenvalue weighted by Crippen LogP contribution is 2.14. The molecule has 4 N–H and O–H groups in total. The summed E-state index contributed by atoms with van der Waals surface area (Å²) in [6.45, 7) is 5.30. The molecule has 1 atom stereocenters. The number of morpholine rings is 1. The number of rotatable bonds is 15. The van der Waals surface area contributed by atoms with Crippen molar-refractivity contribution >= 4 is 17.0 Å². The van der Waals surface area contributed by atoms with Crippen LogP contribution in [0.4, 0.5) is 0 Å². The Kier molecular flexibility index (Phi) is 23.7. The summed E-state index contributed by atoms with van der Waals surface area (Å²) in [6, 6.07) is 0. The molecule has 1 aliphatic heterocycles. The van der Waals surface area contributed by atoms with Gasteiger partial charge in [0.1, 0.15) is 0 Å². The Bertz CT molecular complexity index is 224. The summed E-state index contributed by atoms with van der Waals surface area (Å²) in [7, 11) is 0. The Morgan fingerprint density at radius 1 is 0.750 bits per heavy atom. The second kappa shape index (κ2) is 21.4. The van der Waals surface area contributed by atoms with Gasteiger partial charge in [0.25, 0.3) is 0 Å². The first-order chi connectivity index (χ1) is 10.9. The Morgan fingerprint density at radius 2 is 1.21 bits per heavy atom. The summed E-state index contributed by atoms with van der Waals surface area (Å²) < 4.78 is 5.73. The van der Waals surface area contributed by atoms with Gasteiger partial charge in [0, 0.05) is 13.1 Å². The van der Waals surface area contributed by atoms with Gasteiger partial charge in [-0.25, -0.2) is 0 Å². The van der Waals surface area contributed by atoms with Crippen LogP contribution in [-0.4, -0.2) is 25.8 Å². The van der Waals surface area contributed by atoms with Crippen LogP contribution in [0.25, 0.3) is 0 Å². The molecule has 0 radical (unpaired) electrons. The van der Waals surface area contributed by atoms with Gasteiger partial charge in [-0.3, -0.25) is 0 Å². The largest absolute Gasteiger partial charge is 0.376 e. The smallest absolute Gasteiger partial charge is 0.0700 e. The second-order valence-electron chi connectivity index (χ2n) is 7.08. The van der Waals surface area contributed by atoms with Crippen molar-refractivity contribution in [3.05, 3.63) is 0 Å². The van der Waals surface area contributed by atoms with Gasteiger partial charge in [-0.2, -0.15) is 0 Å². The predicted molar refractivity (Wildman–Crippen MR) is 113 cm³/mol. The minimum atomic E-state index is 0. The van der Waals surface area contributed by atoms with Crippen molar-refractivity contribution in [2.75, 3.05) is 19.7 Å². The molecule has 1 fully saturated rings. The van der Waals surface area contributed by atoms with Crippen LogP contribution in [0.2, 0.25) is 0 Å². The molecule has 0 bridgehead atoms. The van der Waals surface area contributed by atoms with E-state index in [1.807, 2.05) is 0 Å². The van der Waals surface area contributed by atoms with Crippen LogP contribution in [0, 0.1) is 0 Å². The van der Waals surface area contributed by atoms with Gasteiger partial charge >= 0.3 is 0 Å². The number of halogens is 1. The molecular formula is C20H45BrN2O. The molecular weight excluding hydrogens is 364 g/mol. The number of hydrogen-bond donors (Lipinski definition) is 2. The zero-order chi connectivity index (χ0) is 15.7. The quantitative estimate of drug-likeness (QED) is 0.300. The fraction of sp³-hybridized carbons (Fsp3) is 1.00. The van der Waals surface area contributed by atoms with Gasteiger partial charge in [-0.05, 0) is 6.42 Å². The van der Waals surface area contributed by atoms with Crippen molar-refractivity contribution in [2.24, 2.45) is 0 Å². The van der Waals surface area contributed by atoms with Gasteiger partial charge < -0.3 is 16.2 Å². The van der Waals surface area contributed by atoms with Gasteiger partial charge in [-0.15, -0.1) is 17.0 Å². The molecule has 0 spiro atoms. The molecule has 3 nitrogen and oxygen atoms in total. The third kappa shape index (κ3) is 17.2. The Morgan fingerprint density at radius 3 is 1.62 bits per heavy atom. The molecule has 1 rings (SSSR count). The van der Waals surface area contributed by atoms with E-state index in [9.17, 15) is 0 Å². The standard InChI is InChI=1S/C20H41NO.BrH.H3N/c1-2-3-4-5-6-7-8-9-10-11-12-13-14-15-16-20-19-21-17-18-22-20;;/h20-21H,2-19H2,1H3;1H;1H3. The molecule has 24 heavy (non-hydrogen) atoms. The van der Waals surface area contributed by atoms with E-state index in [1.165, 1.54) is 96.3 Å². The molecule has 0 saturated carbocycles. The van der Waals surface area contributed by atoms with Crippen LogP contribution in [-0.2, 0) is 4.74 Å². The number of hydrogen-bond acceptors (Lipinski definition) is 3. The molecule has 1 aliphatic rings. The molecule has 4 heteroatoms. The molecule has 1 saturated heterocycles. The second-order valence-corrected chi connectivity index (χ2v) is 7.08. The maximum absolute atomic E-state index is 5.73. The molecule has 148 valence electrons. The van der Waals surface area contributed by atoms with Crippen LogP contribution in [0.3, 0.4) is 0 Å². The van der Waals surface area contributed by atoms with Crippen molar-refractivity contribution in [1.82, 2.24) is 11.5 Å². The molecule has 1 heterocycles. The summed E-state index contributed by atoms with van der Waals surface area (Å²) >= 11 is 0. The summed E-state index contributed by atoms with van der Waals surface area (Å²) in [4.78, 5) is 0. The Hall–Kier alpha value is 0.360. The summed E-state index contributed by atoms with van der Waals surface area (Å²) in [5.41, 5.74) is 0. The normalized spacial score (nSPS) is 17.1. The van der Waals surface area contributed by atoms with Crippen molar-refractivity contribution in [3.63, 3.8) is 0 Å². The van der Waals surface area contributed by atoms with Crippen molar-refractivity contribution in [3.8, 4) is 0 Å². The minimum absolute atomic E-state index is 0. The molecule has 0 aromatic heterocycles. The lowest BCUT2D eigenvalue weighted by Gasteiger charge is -2.23. The molecule has 0 aromatic carbocycles. The number of nitrogens with one attached hydrogen (secondary N) is 1. The van der Waals surface area contributed by atoms with Gasteiger partial charge in [0.05, 0.1) is 12.7 Å². The number of unbranched alkanes of at least 4 members (excludes halogenated alkanes) is 13. The van der Waals surface area contributed by atoms with Crippen LogP contribution in [0.5, 0.6) is 0 Å². The van der Waals surface area contributed by atoms with E-state index in [0.717, 1.165) is 19.7 Å². The first-order valence-corrected chi connectivity index (χ1v) is 10.3. The lowest BCUT2D eigenvalue weighted by Crippen LogP contribution is -2.38. The van der Waals surface area contributed by atoms with Crippen LogP contribution in [0.1, 0.15) is 103 Å². The fourth-order valence-corrected chi connectivity index (χ4v) is 3.37. The Balaban J connectivity index is 0. The third-order valence-electron chi connectivity index (χ3n) is 4.88. The molecule has 0 aromatic rings. The van der Waals surface area contributed by atoms with Crippen molar-refractivity contribution in [1.29, 1.82) is 0 Å². The van der Waals surface area contributed by atoms with Crippen molar-refractivity contribution < 1.29 is 4.74 Å². The lowest BCUT2D eigenvalue weighted by molar-refractivity contribution is 0.0220. The summed E-state index contributed by atoms with van der Waals surface area (Å²) in [5, 5.41) is 3.41. The molecule has 1 unspecified atom stereocenters. The van der Waals surface area contributed by atoms with E-state index in [0.29, 0.717) is 6.10 Å². The third-order valence-corrected chi connectivity index (χ3v) is 4.88. The predicted octanol–water partition coefficient (Wildman–Crippen LogP) is 6.59. The maximum Gasteiger partial charge on any atom is 0.0700 e. The molecule has 0 amide bonds. The van der Waals surface area contributed by atoms with Gasteiger partial charge in [0.2, 0.25) is 0 Å². The summed E-state index contributed by atoms with van der Waals surface area (Å²) in [6.07, 6.45) is 21.9. The highest BCUT2D eigenvalue weighted by atomic mass is 79.9. The van der Waals surface area contributed by atoms with E-state index in [2.05, 4.69) is 12.2 Å². The van der Waals surface area contributed by atoms with Gasteiger partial charge in [-0.1, -0.05) is 96.8 Å². The van der Waals surface area contributed by atoms with E-state index in [4.69, 9.17) is 4.74 Å². The fourth-order valence-electron chi connectivity index (χ4n) is 3.37. The zero-order valence-corrected chi connectivity index (χ0v) is 18.0. The zero-order valence-electron chi connectivity index (χ0n) is 16.3. The van der Waals surface area contributed by atoms with Crippen molar-refractivity contribution in [2.45, 2.75) is 109 Å². The van der Waals surface area contributed by atoms with Crippen LogP contribution >= 0.6 is 17.0 Å². The minimum Gasteiger partial charge on any atom is -0.376 e. The lowest BCUT2D eigenvalue weighted by atomic mass is 10.0. The molecule has 0 aliphatic carbocycles. The Labute approximate surface area is 162 Å². The van der Waals surface area contributed by atoms with E-state index >= 15 is 0 Å². The first-order valence-electron chi connectivity index (χ1n) is 10.3. The maximum atomic E-state index is 5.73. The van der Waals surface area contributed by atoms with E-state index in [1.54, 1.807) is 0 Å². The van der Waals surface area contributed by atoms with Gasteiger partial charge in [0.15, 0.2) is 0 Å². The van der Waals surface area contributed by atoms with E-state index < -0.39 is 0 Å². The SMILES string of the molecule is Br.CCCCCCCCCCCCCCCCC1CNCCO1.N. The summed E-state index contributed by atoms with van der Waals surface area (Å²) in [5.74, 6) is 0. The van der Waals surface area contributed by atoms with E-state index in [-0.39, 0.29) is 23.1 Å². The van der Waals surface area contributed by atoms with Crippen LogP contribution < -0.4 is 11.5 Å². The average molecular weight is 409 g/mol. The number of ether oxygens (including phenoxy) is 1. The topological polar surface area (TPSA) is 56.3 Å². The highest BCUT2D eigenvalue weighted by Gasteiger charge is 2.11. The van der Waals surface area contributed by atoms with Crippen LogP contribution in [0.15, 0.2) is 0 Å². The first kappa shape index (κ1) is 26.6.